The topological polar surface area (TPSA) is 94.8 Å². The number of aliphatic hydroxyl groups excluding tert-OH is 2. The second-order valence-electron chi connectivity index (χ2n) is 5.70. The number of carboxylic acid groups (broad SMARTS) is 1. The van der Waals surface area contributed by atoms with E-state index >= 15 is 0 Å². The maximum Gasteiger partial charge on any atom is 0.303 e. The number of aliphatic hydroxyl groups is 2. The number of carbonyl (C=O) groups is 2. The van der Waals surface area contributed by atoms with Crippen molar-refractivity contribution in [3.63, 3.8) is 0 Å². The largest absolute Gasteiger partial charge is 0.481 e. The summed E-state index contributed by atoms with van der Waals surface area (Å²) in [4.78, 5) is 21.9. The van der Waals surface area contributed by atoms with Crippen molar-refractivity contribution in [3.05, 3.63) is 48.6 Å². The molecule has 0 unspecified atom stereocenters. The van der Waals surface area contributed by atoms with Crippen LogP contribution in [0.15, 0.2) is 48.6 Å². The van der Waals surface area contributed by atoms with Crippen molar-refractivity contribution in [1.29, 1.82) is 0 Å². The van der Waals surface area contributed by atoms with E-state index in [0.29, 0.717) is 19.3 Å². The molecule has 0 rings (SSSR count). The van der Waals surface area contributed by atoms with Crippen molar-refractivity contribution >= 4 is 11.8 Å². The highest BCUT2D eigenvalue weighted by Gasteiger charge is 2.01. The maximum atomic E-state index is 11.6. The summed E-state index contributed by atoms with van der Waals surface area (Å²) in [6, 6.07) is 0. The van der Waals surface area contributed by atoms with Crippen molar-refractivity contribution in [3.8, 4) is 0 Å². The second-order valence-corrected chi connectivity index (χ2v) is 5.70. The van der Waals surface area contributed by atoms with Gasteiger partial charge in [-0.15, -0.1) is 0 Å². The number of aliphatic carboxylic acids is 1. The number of hydrogen-bond donors (Lipinski definition) is 3. The highest BCUT2D eigenvalue weighted by atomic mass is 16.4. The summed E-state index contributed by atoms with van der Waals surface area (Å²) in [6.07, 6.45) is 18.1. The van der Waals surface area contributed by atoms with Crippen molar-refractivity contribution in [2.75, 3.05) is 6.61 Å². The van der Waals surface area contributed by atoms with Crippen molar-refractivity contribution in [2.45, 2.75) is 57.5 Å². The summed E-state index contributed by atoms with van der Waals surface area (Å²) in [5, 5.41) is 26.7. The Balaban J connectivity index is 3.81. The van der Waals surface area contributed by atoms with Crippen LogP contribution >= 0.6 is 0 Å². The molecule has 3 N–H and O–H groups in total. The first-order chi connectivity index (χ1) is 12.1. The molecule has 0 aromatic heterocycles. The normalized spacial score (nSPS) is 13.5. The first-order valence-electron chi connectivity index (χ1n) is 8.76. The molecule has 0 saturated carbocycles. The number of ketones is 1. The van der Waals surface area contributed by atoms with Gasteiger partial charge in [0.1, 0.15) is 0 Å². The molecule has 0 heterocycles. The zero-order valence-corrected chi connectivity index (χ0v) is 14.7. The Labute approximate surface area is 150 Å². The molecule has 140 valence electrons. The average molecular weight is 350 g/mol. The predicted molar refractivity (Wildman–Crippen MR) is 99.2 cm³/mol. The molecule has 5 heteroatoms. The standard InChI is InChI=1S/C20H30O5/c21-17-10-6-2-1-3-7-12-18(22)13-8-4-5-9-14-19(23)15-11-16-20(24)25/h3-5,7-9,13-14,19,21,23H,1-2,6,10-12,15-17H2,(H,24,25)/b5-4+,7-3-,13-8+,14-9-/t19-/m1/s1. The molecule has 0 aromatic carbocycles. The fraction of sp³-hybridized carbons (Fsp3) is 0.500. The van der Waals surface area contributed by atoms with Gasteiger partial charge in [0, 0.05) is 19.4 Å². The summed E-state index contributed by atoms with van der Waals surface area (Å²) >= 11 is 0. The van der Waals surface area contributed by atoms with Crippen LogP contribution in [0.2, 0.25) is 0 Å². The lowest BCUT2D eigenvalue weighted by atomic mass is 10.1. The third kappa shape index (κ3) is 18.2. The Bertz CT molecular complexity index is 474. The van der Waals surface area contributed by atoms with Gasteiger partial charge in [-0.05, 0) is 38.2 Å². The van der Waals surface area contributed by atoms with E-state index in [0.717, 1.165) is 25.7 Å². The number of allylic oxidation sites excluding steroid dienone is 7. The zero-order valence-electron chi connectivity index (χ0n) is 14.7. The second kappa shape index (κ2) is 16.9. The van der Waals surface area contributed by atoms with E-state index in [1.54, 1.807) is 30.4 Å². The predicted octanol–water partition coefficient (Wildman–Crippen LogP) is 3.34. The average Bonchev–Trinajstić information content (AvgIpc) is 2.56. The molecule has 0 aliphatic heterocycles. The molecule has 0 aromatic rings. The Morgan fingerprint density at radius 2 is 1.68 bits per heavy atom. The molecule has 0 amide bonds. The number of carbonyl (C=O) groups excluding carboxylic acids is 1. The van der Waals surface area contributed by atoms with Gasteiger partial charge in [-0.3, -0.25) is 9.59 Å². The molecular weight excluding hydrogens is 320 g/mol. The Morgan fingerprint density at radius 3 is 2.40 bits per heavy atom. The molecule has 1 atom stereocenters. The van der Waals surface area contributed by atoms with Gasteiger partial charge in [0.05, 0.1) is 6.10 Å². The minimum absolute atomic E-state index is 0.0222. The Hall–Kier alpha value is -1.98. The van der Waals surface area contributed by atoms with Crippen molar-refractivity contribution in [2.24, 2.45) is 0 Å². The van der Waals surface area contributed by atoms with Gasteiger partial charge in [-0.25, -0.2) is 0 Å². The molecule has 0 fully saturated rings. The fourth-order valence-electron chi connectivity index (χ4n) is 1.98. The summed E-state index contributed by atoms with van der Waals surface area (Å²) in [6.45, 7) is 0.236. The lowest BCUT2D eigenvalue weighted by Gasteiger charge is -2.02. The summed E-state index contributed by atoms with van der Waals surface area (Å²) in [7, 11) is 0. The first kappa shape index (κ1) is 23.0. The van der Waals surface area contributed by atoms with E-state index in [-0.39, 0.29) is 18.8 Å². The summed E-state index contributed by atoms with van der Waals surface area (Å²) in [5.41, 5.74) is 0. The number of carboxylic acids is 1. The quantitative estimate of drug-likeness (QED) is 0.182. The van der Waals surface area contributed by atoms with Gasteiger partial charge in [-0.1, -0.05) is 49.0 Å². The first-order valence-corrected chi connectivity index (χ1v) is 8.76. The van der Waals surface area contributed by atoms with E-state index in [9.17, 15) is 14.7 Å². The van der Waals surface area contributed by atoms with Gasteiger partial charge in [0.15, 0.2) is 5.78 Å². The van der Waals surface area contributed by atoms with E-state index in [1.807, 2.05) is 12.2 Å². The highest BCUT2D eigenvalue weighted by molar-refractivity contribution is 5.90. The van der Waals surface area contributed by atoms with Crippen LogP contribution in [0.3, 0.4) is 0 Å². The van der Waals surface area contributed by atoms with Crippen LogP contribution in [0.25, 0.3) is 0 Å². The monoisotopic (exact) mass is 350 g/mol. The molecule has 0 spiro atoms. The summed E-state index contributed by atoms with van der Waals surface area (Å²) < 4.78 is 0. The third-order valence-electron chi connectivity index (χ3n) is 3.35. The molecule has 0 bridgehead atoms. The van der Waals surface area contributed by atoms with Crippen LogP contribution in [0.5, 0.6) is 0 Å². The van der Waals surface area contributed by atoms with Crippen LogP contribution in [-0.2, 0) is 9.59 Å². The smallest absolute Gasteiger partial charge is 0.303 e. The van der Waals surface area contributed by atoms with Crippen LogP contribution in [-0.4, -0.2) is 39.8 Å². The van der Waals surface area contributed by atoms with Gasteiger partial charge in [-0.2, -0.15) is 0 Å². The van der Waals surface area contributed by atoms with Gasteiger partial charge in [0.2, 0.25) is 0 Å². The van der Waals surface area contributed by atoms with Gasteiger partial charge in [0.25, 0.3) is 0 Å². The minimum atomic E-state index is -0.859. The fourth-order valence-corrected chi connectivity index (χ4v) is 1.98. The van der Waals surface area contributed by atoms with Gasteiger partial charge < -0.3 is 15.3 Å². The number of rotatable bonds is 15. The Kier molecular flexibility index (Phi) is 15.5. The van der Waals surface area contributed by atoms with Crippen molar-refractivity contribution < 1.29 is 24.9 Å². The van der Waals surface area contributed by atoms with Crippen LogP contribution in [0.4, 0.5) is 0 Å². The van der Waals surface area contributed by atoms with E-state index in [2.05, 4.69) is 0 Å². The summed E-state index contributed by atoms with van der Waals surface area (Å²) in [5.74, 6) is -0.837. The molecule has 0 saturated heterocycles. The van der Waals surface area contributed by atoms with Crippen LogP contribution in [0.1, 0.15) is 51.4 Å². The molecule has 25 heavy (non-hydrogen) atoms. The van der Waals surface area contributed by atoms with Crippen LogP contribution in [0, 0.1) is 0 Å². The Morgan fingerprint density at radius 1 is 0.920 bits per heavy atom. The van der Waals surface area contributed by atoms with E-state index in [1.165, 1.54) is 6.08 Å². The van der Waals surface area contributed by atoms with E-state index in [4.69, 9.17) is 10.2 Å². The van der Waals surface area contributed by atoms with Crippen LogP contribution < -0.4 is 0 Å². The number of unbranched alkanes of at least 4 members (excludes halogenated alkanes) is 3. The molecule has 5 nitrogen and oxygen atoms in total. The van der Waals surface area contributed by atoms with Crippen molar-refractivity contribution in [1.82, 2.24) is 0 Å². The van der Waals surface area contributed by atoms with Gasteiger partial charge >= 0.3 is 5.97 Å². The highest BCUT2D eigenvalue weighted by Crippen LogP contribution is 2.03. The third-order valence-corrected chi connectivity index (χ3v) is 3.35. The minimum Gasteiger partial charge on any atom is -0.481 e. The SMILES string of the molecule is O=C(O)CCC[C@H](O)\C=C/C=C/C=C/C(=O)C/C=C\CCCCCO. The lowest BCUT2D eigenvalue weighted by Crippen LogP contribution is -2.03. The molecular formula is C20H30O5. The molecule has 0 radical (unpaired) electrons. The lowest BCUT2D eigenvalue weighted by molar-refractivity contribution is -0.137. The zero-order chi connectivity index (χ0) is 18.8. The van der Waals surface area contributed by atoms with E-state index < -0.39 is 12.1 Å². The number of hydrogen-bond acceptors (Lipinski definition) is 4. The maximum absolute atomic E-state index is 11.6. The molecule has 0 aliphatic rings. The molecule has 0 aliphatic carbocycles.